The van der Waals surface area contributed by atoms with Crippen LogP contribution in [0.4, 0.5) is 0 Å². The van der Waals surface area contributed by atoms with Crippen molar-refractivity contribution in [1.29, 1.82) is 0 Å². The monoisotopic (exact) mass is 510 g/mol. The number of imidazole rings is 1. The number of hydrogen-bond donors (Lipinski definition) is 8. The van der Waals surface area contributed by atoms with E-state index in [0.717, 1.165) is 6.42 Å². The molecule has 0 aliphatic carbocycles. The molecule has 0 saturated carbocycles. The second-order valence-electron chi connectivity index (χ2n) is 9.15. The van der Waals surface area contributed by atoms with E-state index >= 15 is 0 Å². The van der Waals surface area contributed by atoms with E-state index in [-0.39, 0.29) is 18.8 Å². The molecule has 0 fully saturated rings. The Kier molecular flexibility index (Phi) is 14.3. The second-order valence-corrected chi connectivity index (χ2v) is 9.15. The minimum absolute atomic E-state index is 0.0457. The van der Waals surface area contributed by atoms with E-state index in [0.29, 0.717) is 44.5 Å². The van der Waals surface area contributed by atoms with Crippen LogP contribution in [-0.2, 0) is 25.6 Å². The average molecular weight is 511 g/mol. The molecular formula is C23H42N8O5. The molecule has 0 bridgehead atoms. The number of carbonyl (C=O) groups is 4. The van der Waals surface area contributed by atoms with E-state index in [1.54, 1.807) is 13.8 Å². The van der Waals surface area contributed by atoms with Crippen LogP contribution in [-0.4, -0.2) is 76.0 Å². The Morgan fingerprint density at radius 3 is 2.06 bits per heavy atom. The van der Waals surface area contributed by atoms with Gasteiger partial charge in [0.2, 0.25) is 17.7 Å². The van der Waals surface area contributed by atoms with Gasteiger partial charge in [0, 0.05) is 18.3 Å². The highest BCUT2D eigenvalue weighted by Crippen LogP contribution is 2.08. The van der Waals surface area contributed by atoms with Crippen molar-refractivity contribution >= 4 is 23.7 Å². The van der Waals surface area contributed by atoms with Gasteiger partial charge in [0.1, 0.15) is 18.1 Å². The molecule has 1 rings (SSSR count). The highest BCUT2D eigenvalue weighted by Gasteiger charge is 2.32. The van der Waals surface area contributed by atoms with Crippen molar-refractivity contribution in [2.75, 3.05) is 13.1 Å². The van der Waals surface area contributed by atoms with Crippen molar-refractivity contribution in [3.63, 3.8) is 0 Å². The minimum atomic E-state index is -1.18. The summed E-state index contributed by atoms with van der Waals surface area (Å²) in [6, 6.07) is -3.97. The molecule has 0 saturated heterocycles. The van der Waals surface area contributed by atoms with Gasteiger partial charge in [0.15, 0.2) is 0 Å². The van der Waals surface area contributed by atoms with E-state index in [9.17, 15) is 24.3 Å². The number of amides is 3. The highest BCUT2D eigenvalue weighted by molar-refractivity contribution is 5.94. The molecule has 0 radical (unpaired) electrons. The maximum atomic E-state index is 13.2. The van der Waals surface area contributed by atoms with Crippen LogP contribution >= 0.6 is 0 Å². The molecule has 36 heavy (non-hydrogen) atoms. The van der Waals surface area contributed by atoms with Crippen LogP contribution in [0.2, 0.25) is 0 Å². The zero-order valence-corrected chi connectivity index (χ0v) is 21.2. The molecule has 0 aliphatic heterocycles. The Hall–Kier alpha value is -3.03. The first kappa shape index (κ1) is 31.0. The molecule has 11 N–H and O–H groups in total. The summed E-state index contributed by atoms with van der Waals surface area (Å²) >= 11 is 0. The first-order chi connectivity index (χ1) is 17.1. The molecule has 13 nitrogen and oxygen atoms in total. The number of hydrogen-bond acceptors (Lipinski definition) is 8. The number of nitrogens with zero attached hydrogens (tertiary/aromatic N) is 1. The molecule has 13 heteroatoms. The van der Waals surface area contributed by atoms with Crippen LogP contribution < -0.4 is 33.2 Å². The molecule has 3 amide bonds. The summed E-state index contributed by atoms with van der Waals surface area (Å²) < 4.78 is 0. The maximum absolute atomic E-state index is 13.2. The number of rotatable bonds is 18. The minimum Gasteiger partial charge on any atom is -0.480 e. The summed E-state index contributed by atoms with van der Waals surface area (Å²) in [4.78, 5) is 57.2. The Labute approximate surface area is 211 Å². The number of unbranched alkanes of at least 4 members (excludes halogenated alkanes) is 2. The molecule has 0 aromatic carbocycles. The summed E-state index contributed by atoms with van der Waals surface area (Å²) in [5, 5.41) is 17.4. The third-order valence-electron chi connectivity index (χ3n) is 5.73. The SMILES string of the molecule is CC(C)C(NC(=O)C(N)CCCCN)C(=O)NC(Cc1cnc[nH]1)C(=O)NC(CCCCN)C(=O)O. The van der Waals surface area contributed by atoms with Gasteiger partial charge < -0.3 is 43.2 Å². The summed E-state index contributed by atoms with van der Waals surface area (Å²) in [5.74, 6) is -3.19. The molecule has 204 valence electrons. The average Bonchev–Trinajstić information content (AvgIpc) is 3.34. The lowest BCUT2D eigenvalue weighted by molar-refractivity contribution is -0.142. The molecule has 0 aliphatic rings. The topological polar surface area (TPSA) is 231 Å². The fourth-order valence-corrected chi connectivity index (χ4v) is 3.54. The number of carboxylic acid groups (broad SMARTS) is 1. The fraction of sp³-hybridized carbons (Fsp3) is 0.696. The van der Waals surface area contributed by atoms with Crippen LogP contribution in [0.5, 0.6) is 0 Å². The van der Waals surface area contributed by atoms with E-state index < -0.39 is 47.9 Å². The fourth-order valence-electron chi connectivity index (χ4n) is 3.54. The highest BCUT2D eigenvalue weighted by atomic mass is 16.4. The Balaban J connectivity index is 2.95. The van der Waals surface area contributed by atoms with Crippen molar-refractivity contribution in [3.05, 3.63) is 18.2 Å². The van der Waals surface area contributed by atoms with Gasteiger partial charge in [-0.3, -0.25) is 14.4 Å². The first-order valence-electron chi connectivity index (χ1n) is 12.4. The van der Waals surface area contributed by atoms with Gasteiger partial charge >= 0.3 is 5.97 Å². The summed E-state index contributed by atoms with van der Waals surface area (Å²) in [6.45, 7) is 4.43. The third-order valence-corrected chi connectivity index (χ3v) is 5.73. The number of carbonyl (C=O) groups excluding carboxylic acids is 3. The van der Waals surface area contributed by atoms with E-state index in [1.807, 2.05) is 0 Å². The van der Waals surface area contributed by atoms with Crippen molar-refractivity contribution < 1.29 is 24.3 Å². The van der Waals surface area contributed by atoms with Crippen molar-refractivity contribution in [1.82, 2.24) is 25.9 Å². The van der Waals surface area contributed by atoms with Crippen LogP contribution in [0.3, 0.4) is 0 Å². The maximum Gasteiger partial charge on any atom is 0.326 e. The van der Waals surface area contributed by atoms with E-state index in [2.05, 4.69) is 25.9 Å². The van der Waals surface area contributed by atoms with Crippen LogP contribution in [0.1, 0.15) is 58.1 Å². The van der Waals surface area contributed by atoms with Crippen LogP contribution in [0.15, 0.2) is 12.5 Å². The summed E-state index contributed by atoms with van der Waals surface area (Å²) in [5.41, 5.74) is 17.5. The number of aromatic amines is 1. The lowest BCUT2D eigenvalue weighted by Crippen LogP contribution is -2.58. The lowest BCUT2D eigenvalue weighted by Gasteiger charge is -2.27. The molecule has 1 aromatic rings. The van der Waals surface area contributed by atoms with Crippen molar-refractivity contribution in [2.24, 2.45) is 23.1 Å². The van der Waals surface area contributed by atoms with Crippen molar-refractivity contribution in [3.8, 4) is 0 Å². The summed E-state index contributed by atoms with van der Waals surface area (Å²) in [6.07, 6.45) is 6.19. The molecule has 1 heterocycles. The number of aliphatic carboxylic acids is 1. The quantitative estimate of drug-likeness (QED) is 0.110. The Morgan fingerprint density at radius 2 is 1.53 bits per heavy atom. The number of nitrogens with one attached hydrogen (secondary N) is 4. The second kappa shape index (κ2) is 16.6. The van der Waals surface area contributed by atoms with Crippen molar-refractivity contribution in [2.45, 2.75) is 83.0 Å². The number of aromatic nitrogens is 2. The summed E-state index contributed by atoms with van der Waals surface area (Å²) in [7, 11) is 0. The number of H-pyrrole nitrogens is 1. The first-order valence-corrected chi connectivity index (χ1v) is 12.4. The molecule has 0 spiro atoms. The number of carboxylic acids is 1. The third kappa shape index (κ3) is 11.1. The zero-order chi connectivity index (χ0) is 27.1. The van der Waals surface area contributed by atoms with Gasteiger partial charge in [-0.25, -0.2) is 9.78 Å². The smallest absolute Gasteiger partial charge is 0.326 e. The van der Waals surface area contributed by atoms with Gasteiger partial charge in [-0.05, 0) is 51.1 Å². The van der Waals surface area contributed by atoms with Gasteiger partial charge in [-0.15, -0.1) is 0 Å². The predicted octanol–water partition coefficient (Wildman–Crippen LogP) is -1.27. The van der Waals surface area contributed by atoms with Gasteiger partial charge in [-0.1, -0.05) is 20.3 Å². The van der Waals surface area contributed by atoms with Gasteiger partial charge in [0.25, 0.3) is 0 Å². The van der Waals surface area contributed by atoms with Gasteiger partial charge in [-0.2, -0.15) is 0 Å². The van der Waals surface area contributed by atoms with E-state index in [4.69, 9.17) is 17.2 Å². The number of nitrogens with two attached hydrogens (primary N) is 3. The van der Waals surface area contributed by atoms with Crippen LogP contribution in [0.25, 0.3) is 0 Å². The standard InChI is InChI=1S/C23H42N8O5/c1-14(2)19(31-20(32)16(26)7-3-5-9-24)22(34)30-18(11-15-12-27-13-28-15)21(33)29-17(23(35)36)8-4-6-10-25/h12-14,16-19H,3-11,24-26H2,1-2H3,(H,27,28)(H,29,33)(H,30,34)(H,31,32)(H,35,36). The molecular weight excluding hydrogens is 468 g/mol. The lowest BCUT2D eigenvalue weighted by atomic mass is 10.0. The molecule has 1 aromatic heterocycles. The largest absolute Gasteiger partial charge is 0.480 e. The van der Waals surface area contributed by atoms with E-state index in [1.165, 1.54) is 12.5 Å². The normalized spacial score (nSPS) is 14.5. The Bertz CT molecular complexity index is 817. The predicted molar refractivity (Wildman–Crippen MR) is 134 cm³/mol. The van der Waals surface area contributed by atoms with Gasteiger partial charge in [0.05, 0.1) is 12.4 Å². The molecule has 4 atom stereocenters. The Morgan fingerprint density at radius 1 is 0.917 bits per heavy atom. The zero-order valence-electron chi connectivity index (χ0n) is 21.2. The molecule has 4 unspecified atom stereocenters. The van der Waals surface area contributed by atoms with Crippen LogP contribution in [0, 0.1) is 5.92 Å².